The average molecular weight is 495 g/mol. The van der Waals surface area contributed by atoms with Gasteiger partial charge in [0.2, 0.25) is 5.91 Å². The summed E-state index contributed by atoms with van der Waals surface area (Å²) >= 11 is 6.42. The largest absolute Gasteiger partial charge is 0.456 e. The lowest BCUT2D eigenvalue weighted by atomic mass is 9.67. The number of nitriles is 1. The van der Waals surface area contributed by atoms with Gasteiger partial charge in [-0.3, -0.25) is 9.69 Å². The molecule has 0 saturated heterocycles. The van der Waals surface area contributed by atoms with E-state index in [-0.39, 0.29) is 30.1 Å². The Labute approximate surface area is 212 Å². The molecule has 0 aromatic heterocycles. The maximum absolute atomic E-state index is 14.5. The summed E-state index contributed by atoms with van der Waals surface area (Å²) in [7, 11) is 0. The van der Waals surface area contributed by atoms with Gasteiger partial charge >= 0.3 is 5.97 Å². The van der Waals surface area contributed by atoms with Crippen molar-refractivity contribution in [1.82, 2.24) is 0 Å². The molecule has 1 spiro atoms. The molecule has 7 nitrogen and oxygen atoms in total. The molecule has 6 rings (SSSR count). The number of esters is 1. The Kier molecular flexibility index (Phi) is 4.88. The maximum Gasteiger partial charge on any atom is 0.338 e. The van der Waals surface area contributed by atoms with Crippen molar-refractivity contribution >= 4 is 34.9 Å². The van der Waals surface area contributed by atoms with E-state index in [9.17, 15) is 14.9 Å². The third-order valence-corrected chi connectivity index (χ3v) is 7.30. The second kappa shape index (κ2) is 8.01. The summed E-state index contributed by atoms with van der Waals surface area (Å²) < 4.78 is 5.48. The number of nitrogens with zero attached hydrogens (tertiary/aromatic N) is 3. The second-order valence-electron chi connectivity index (χ2n) is 8.69. The number of benzene rings is 3. The lowest BCUT2D eigenvalue weighted by Crippen LogP contribution is -2.50. The summed E-state index contributed by atoms with van der Waals surface area (Å²) in [6, 6.07) is 25.7. The number of ether oxygens (including phenoxy) is 1. The van der Waals surface area contributed by atoms with Crippen molar-refractivity contribution in [3.8, 4) is 6.07 Å². The van der Waals surface area contributed by atoms with E-state index in [0.717, 1.165) is 5.56 Å². The van der Waals surface area contributed by atoms with Crippen molar-refractivity contribution in [1.29, 1.82) is 5.26 Å². The highest BCUT2D eigenvalue weighted by atomic mass is 35.5. The molecule has 0 radical (unpaired) electrons. The Morgan fingerprint density at radius 1 is 1.00 bits per heavy atom. The molecule has 1 atom stereocenters. The molecule has 3 aromatic rings. The number of para-hydroxylation sites is 2. The first-order valence-corrected chi connectivity index (χ1v) is 11.7. The molecule has 3 aromatic carbocycles. The van der Waals surface area contributed by atoms with Crippen molar-refractivity contribution in [2.45, 2.75) is 12.0 Å². The molecule has 0 bridgehead atoms. The van der Waals surface area contributed by atoms with Crippen LogP contribution in [0.4, 0.5) is 11.4 Å². The number of amides is 1. The quantitative estimate of drug-likeness (QED) is 0.549. The molecule has 2 N–H and O–H groups in total. The molecular weight excluding hydrogens is 476 g/mol. The van der Waals surface area contributed by atoms with E-state index < -0.39 is 17.3 Å². The Morgan fingerprint density at radius 3 is 2.44 bits per heavy atom. The van der Waals surface area contributed by atoms with Crippen LogP contribution < -0.4 is 15.5 Å². The van der Waals surface area contributed by atoms with Gasteiger partial charge in [-0.2, -0.15) is 5.26 Å². The fraction of sp³-hybridized carbons (Fsp3) is 0.107. The number of rotatable bonds is 3. The summed E-state index contributed by atoms with van der Waals surface area (Å²) in [4.78, 5) is 31.0. The summed E-state index contributed by atoms with van der Waals surface area (Å²) in [5.41, 5.74) is 7.99. The van der Waals surface area contributed by atoms with Crippen LogP contribution in [0.3, 0.4) is 0 Å². The summed E-state index contributed by atoms with van der Waals surface area (Å²) in [5, 5.41) is 11.0. The SMILES string of the molecule is N#CC1=C(N)N(c2ccccc2)C2=C(C(=O)OC2)[C@]12C(=O)N(Cc1ccccc1Cl)c1ccccc12. The Bertz CT molecular complexity index is 1560. The standard InChI is InChI=1S/C28H19ClN4O3/c29-21-12-6-4-8-17(21)15-32-22-13-7-5-11-19(22)28(27(32)35)20(14-30)25(31)33(18-9-2-1-3-10-18)23-16-36-26(34)24(23)28/h1-13H,15-16,31H2/t28-/m1/s1. The predicted octanol–water partition coefficient (Wildman–Crippen LogP) is 4.15. The van der Waals surface area contributed by atoms with E-state index in [1.54, 1.807) is 34.1 Å². The number of fused-ring (bicyclic) bond motifs is 3. The minimum Gasteiger partial charge on any atom is -0.456 e. The first-order valence-electron chi connectivity index (χ1n) is 11.3. The molecule has 8 heteroatoms. The first-order chi connectivity index (χ1) is 17.5. The number of cyclic esters (lactones) is 1. The van der Waals surface area contributed by atoms with Crippen molar-refractivity contribution in [3.63, 3.8) is 0 Å². The highest BCUT2D eigenvalue weighted by Crippen LogP contribution is 2.56. The maximum atomic E-state index is 14.5. The van der Waals surface area contributed by atoms with Crippen LogP contribution in [-0.4, -0.2) is 18.5 Å². The van der Waals surface area contributed by atoms with Crippen molar-refractivity contribution in [2.24, 2.45) is 5.73 Å². The van der Waals surface area contributed by atoms with Gasteiger partial charge in [-0.25, -0.2) is 4.79 Å². The molecule has 0 aliphatic carbocycles. The number of hydrogen-bond acceptors (Lipinski definition) is 6. The van der Waals surface area contributed by atoms with Crippen molar-refractivity contribution in [2.75, 3.05) is 16.4 Å². The van der Waals surface area contributed by atoms with Crippen LogP contribution in [0, 0.1) is 11.3 Å². The van der Waals surface area contributed by atoms with Gasteiger partial charge in [-0.15, -0.1) is 0 Å². The van der Waals surface area contributed by atoms with Crippen molar-refractivity contribution < 1.29 is 14.3 Å². The van der Waals surface area contributed by atoms with E-state index in [0.29, 0.717) is 27.7 Å². The minimum atomic E-state index is -1.72. The molecule has 3 aliphatic rings. The molecule has 0 saturated carbocycles. The van der Waals surface area contributed by atoms with Gasteiger partial charge in [0.05, 0.1) is 23.4 Å². The third-order valence-electron chi connectivity index (χ3n) is 6.93. The molecule has 3 aliphatic heterocycles. The van der Waals surface area contributed by atoms with Crippen LogP contribution in [0.2, 0.25) is 5.02 Å². The van der Waals surface area contributed by atoms with Crippen LogP contribution in [-0.2, 0) is 26.3 Å². The molecule has 0 unspecified atom stereocenters. The lowest BCUT2D eigenvalue weighted by molar-refractivity contribution is -0.137. The highest BCUT2D eigenvalue weighted by Gasteiger charge is 2.63. The number of anilines is 2. The van der Waals surface area contributed by atoms with E-state index in [4.69, 9.17) is 22.1 Å². The van der Waals surface area contributed by atoms with Crippen LogP contribution in [0.15, 0.2) is 102 Å². The summed E-state index contributed by atoms with van der Waals surface area (Å²) in [5.74, 6) is -1.00. The number of halogens is 1. The van der Waals surface area contributed by atoms with Gasteiger partial charge in [0.25, 0.3) is 0 Å². The summed E-state index contributed by atoms with van der Waals surface area (Å²) in [6.07, 6.45) is 0. The van der Waals surface area contributed by atoms with E-state index >= 15 is 0 Å². The van der Waals surface area contributed by atoms with Crippen molar-refractivity contribution in [3.05, 3.63) is 118 Å². The van der Waals surface area contributed by atoms with Gasteiger partial charge < -0.3 is 15.4 Å². The zero-order valence-corrected chi connectivity index (χ0v) is 19.7. The Morgan fingerprint density at radius 2 is 1.69 bits per heavy atom. The summed E-state index contributed by atoms with van der Waals surface area (Å²) in [6.45, 7) is 0.0973. The van der Waals surface area contributed by atoms with Gasteiger partial charge in [0.15, 0.2) is 0 Å². The smallest absolute Gasteiger partial charge is 0.338 e. The second-order valence-corrected chi connectivity index (χ2v) is 9.10. The van der Waals surface area contributed by atoms with Crippen LogP contribution >= 0.6 is 11.6 Å². The number of carbonyl (C=O) groups excluding carboxylic acids is 2. The Hall–Kier alpha value is -4.54. The lowest BCUT2D eigenvalue weighted by Gasteiger charge is -2.38. The van der Waals surface area contributed by atoms with Gasteiger partial charge in [-0.1, -0.05) is 66.2 Å². The molecule has 176 valence electrons. The molecule has 3 heterocycles. The Balaban J connectivity index is 1.62. The van der Waals surface area contributed by atoms with Gasteiger partial charge in [-0.05, 0) is 29.8 Å². The zero-order valence-electron chi connectivity index (χ0n) is 18.9. The van der Waals surface area contributed by atoms with E-state index in [1.807, 2.05) is 54.6 Å². The monoisotopic (exact) mass is 494 g/mol. The van der Waals surface area contributed by atoms with Gasteiger partial charge in [0, 0.05) is 22.0 Å². The fourth-order valence-corrected chi connectivity index (χ4v) is 5.62. The average Bonchev–Trinajstić information content (AvgIpc) is 3.38. The number of hydrogen-bond donors (Lipinski definition) is 1. The topological polar surface area (TPSA) is 99.7 Å². The number of carbonyl (C=O) groups is 2. The number of nitrogens with two attached hydrogens (primary N) is 1. The molecule has 0 fully saturated rings. The molecular formula is C28H19ClN4O3. The third kappa shape index (κ3) is 2.79. The van der Waals surface area contributed by atoms with E-state index in [2.05, 4.69) is 6.07 Å². The molecule has 36 heavy (non-hydrogen) atoms. The fourth-order valence-electron chi connectivity index (χ4n) is 5.42. The highest BCUT2D eigenvalue weighted by molar-refractivity contribution is 6.31. The molecule has 1 amide bonds. The van der Waals surface area contributed by atoms with Crippen LogP contribution in [0.1, 0.15) is 11.1 Å². The van der Waals surface area contributed by atoms with Gasteiger partial charge in [0.1, 0.15) is 23.9 Å². The predicted molar refractivity (Wildman–Crippen MR) is 134 cm³/mol. The van der Waals surface area contributed by atoms with Crippen LogP contribution in [0.25, 0.3) is 0 Å². The van der Waals surface area contributed by atoms with Crippen LogP contribution in [0.5, 0.6) is 0 Å². The minimum absolute atomic E-state index is 0.0111. The first kappa shape index (κ1) is 22.0. The normalized spacial score (nSPS) is 20.6. The van der Waals surface area contributed by atoms with E-state index in [1.165, 1.54) is 0 Å². The zero-order chi connectivity index (χ0) is 25.0.